The Morgan fingerprint density at radius 1 is 1.05 bits per heavy atom. The highest BCUT2D eigenvalue weighted by Crippen LogP contribution is 2.44. The molecule has 102 valence electrons. The molecule has 19 heavy (non-hydrogen) atoms. The quantitative estimate of drug-likeness (QED) is 0.778. The molecule has 0 aliphatic carbocycles. The van der Waals surface area contributed by atoms with Gasteiger partial charge in [0.2, 0.25) is 0 Å². The van der Waals surface area contributed by atoms with Gasteiger partial charge in [-0.15, -0.1) is 11.6 Å². The van der Waals surface area contributed by atoms with Gasteiger partial charge in [-0.25, -0.2) is 0 Å². The number of hydrogen-bond acceptors (Lipinski definition) is 4. The highest BCUT2D eigenvalue weighted by molar-refractivity contribution is 7.08. The molecule has 3 nitrogen and oxygen atoms in total. The zero-order valence-corrected chi connectivity index (χ0v) is 12.5. The number of benzene rings is 1. The molecule has 2 aromatic rings. The van der Waals surface area contributed by atoms with Gasteiger partial charge in [-0.05, 0) is 22.4 Å². The first-order valence-corrected chi connectivity index (χ1v) is 7.05. The molecule has 0 amide bonds. The first kappa shape index (κ1) is 14.0. The zero-order chi connectivity index (χ0) is 13.8. The number of thiophene rings is 1. The molecular weight excluding hydrogens is 284 g/mol. The van der Waals surface area contributed by atoms with Crippen LogP contribution < -0.4 is 14.2 Å². The van der Waals surface area contributed by atoms with E-state index in [0.29, 0.717) is 17.2 Å². The predicted octanol–water partition coefficient (Wildman–Crippen LogP) is 4.10. The summed E-state index contributed by atoms with van der Waals surface area (Å²) in [4.78, 5) is 0. The minimum Gasteiger partial charge on any atom is -0.496 e. The topological polar surface area (TPSA) is 27.7 Å². The lowest BCUT2D eigenvalue weighted by molar-refractivity contribution is 0.369. The molecule has 0 N–H and O–H groups in total. The lowest BCUT2D eigenvalue weighted by Gasteiger charge is -2.18. The first-order valence-electron chi connectivity index (χ1n) is 5.67. The Morgan fingerprint density at radius 3 is 2.11 bits per heavy atom. The van der Waals surface area contributed by atoms with Crippen molar-refractivity contribution < 1.29 is 14.2 Å². The van der Waals surface area contributed by atoms with Crippen LogP contribution in [-0.4, -0.2) is 21.3 Å². The van der Waals surface area contributed by atoms with Crippen LogP contribution in [0.2, 0.25) is 0 Å². The van der Waals surface area contributed by atoms with Crippen LogP contribution in [0.3, 0.4) is 0 Å². The average molecular weight is 299 g/mol. The van der Waals surface area contributed by atoms with Crippen LogP contribution >= 0.6 is 22.9 Å². The van der Waals surface area contributed by atoms with Crippen molar-refractivity contribution in [2.45, 2.75) is 5.38 Å². The van der Waals surface area contributed by atoms with Gasteiger partial charge in [0.25, 0.3) is 0 Å². The molecule has 0 bridgehead atoms. The Bertz CT molecular complexity index is 515. The second kappa shape index (κ2) is 6.17. The molecule has 0 saturated carbocycles. The van der Waals surface area contributed by atoms with Gasteiger partial charge in [0, 0.05) is 12.1 Å². The largest absolute Gasteiger partial charge is 0.496 e. The van der Waals surface area contributed by atoms with Crippen molar-refractivity contribution in [3.05, 3.63) is 40.1 Å². The molecule has 1 heterocycles. The predicted molar refractivity (Wildman–Crippen MR) is 78.1 cm³/mol. The van der Waals surface area contributed by atoms with Crippen LogP contribution in [0.5, 0.6) is 17.2 Å². The third kappa shape index (κ3) is 2.80. The molecule has 0 aliphatic rings. The van der Waals surface area contributed by atoms with E-state index in [1.807, 2.05) is 16.8 Å². The van der Waals surface area contributed by atoms with Crippen LogP contribution in [0.25, 0.3) is 0 Å². The van der Waals surface area contributed by atoms with Crippen molar-refractivity contribution >= 4 is 22.9 Å². The number of hydrogen-bond donors (Lipinski definition) is 0. The van der Waals surface area contributed by atoms with Crippen molar-refractivity contribution in [1.29, 1.82) is 0 Å². The second-order valence-corrected chi connectivity index (χ2v) is 5.08. The SMILES string of the molecule is COc1cc(OC)c(C(Cl)c2ccsc2)c(OC)c1. The standard InChI is InChI=1S/C14H15ClO3S/c1-16-10-6-11(17-2)13(12(7-10)18-3)14(15)9-4-5-19-8-9/h4-8,14H,1-3H3. The third-order valence-corrected chi connectivity index (χ3v) is 4.01. The maximum Gasteiger partial charge on any atom is 0.131 e. The number of alkyl halides is 1. The van der Waals surface area contributed by atoms with E-state index in [9.17, 15) is 0 Å². The summed E-state index contributed by atoms with van der Waals surface area (Å²) in [5.41, 5.74) is 1.83. The van der Waals surface area contributed by atoms with Gasteiger partial charge in [-0.3, -0.25) is 0 Å². The van der Waals surface area contributed by atoms with E-state index in [4.69, 9.17) is 25.8 Å². The van der Waals surface area contributed by atoms with Crippen LogP contribution in [0.15, 0.2) is 29.0 Å². The monoisotopic (exact) mass is 298 g/mol. The number of rotatable bonds is 5. The average Bonchev–Trinajstić information content (AvgIpc) is 2.99. The molecule has 1 aromatic heterocycles. The summed E-state index contributed by atoms with van der Waals surface area (Å²) in [6, 6.07) is 5.60. The highest BCUT2D eigenvalue weighted by atomic mass is 35.5. The van der Waals surface area contributed by atoms with Crippen molar-refractivity contribution in [1.82, 2.24) is 0 Å². The van der Waals surface area contributed by atoms with Gasteiger partial charge in [0.1, 0.15) is 17.2 Å². The van der Waals surface area contributed by atoms with Crippen LogP contribution in [0.4, 0.5) is 0 Å². The molecule has 0 radical (unpaired) electrons. The fourth-order valence-electron chi connectivity index (χ4n) is 1.87. The molecule has 5 heteroatoms. The fraction of sp³-hybridized carbons (Fsp3) is 0.286. The molecule has 1 aromatic carbocycles. The molecular formula is C14H15ClO3S. The second-order valence-electron chi connectivity index (χ2n) is 3.86. The van der Waals surface area contributed by atoms with E-state index < -0.39 is 0 Å². The van der Waals surface area contributed by atoms with Crippen LogP contribution in [0, 0.1) is 0 Å². The maximum absolute atomic E-state index is 6.54. The third-order valence-electron chi connectivity index (χ3n) is 2.84. The Balaban J connectivity index is 2.54. The van der Waals surface area contributed by atoms with Crippen LogP contribution in [-0.2, 0) is 0 Å². The van der Waals surface area contributed by atoms with Gasteiger partial charge in [-0.1, -0.05) is 0 Å². The van der Waals surface area contributed by atoms with Gasteiger partial charge >= 0.3 is 0 Å². The van der Waals surface area contributed by atoms with Crippen LogP contribution in [0.1, 0.15) is 16.5 Å². The molecule has 0 saturated heterocycles. The summed E-state index contributed by atoms with van der Waals surface area (Å²) < 4.78 is 16.0. The first-order chi connectivity index (χ1) is 9.21. The number of ether oxygens (including phenoxy) is 3. The van der Waals surface area contributed by atoms with Crippen molar-refractivity contribution in [2.75, 3.05) is 21.3 Å². The number of halogens is 1. The Morgan fingerprint density at radius 2 is 1.68 bits per heavy atom. The van der Waals surface area contributed by atoms with E-state index in [2.05, 4.69) is 0 Å². The van der Waals surface area contributed by atoms with Gasteiger partial charge in [-0.2, -0.15) is 11.3 Å². The highest BCUT2D eigenvalue weighted by Gasteiger charge is 2.22. The van der Waals surface area contributed by atoms with E-state index in [1.54, 1.807) is 44.8 Å². The molecule has 0 fully saturated rings. The summed E-state index contributed by atoms with van der Waals surface area (Å²) in [5.74, 6) is 1.98. The molecule has 2 rings (SSSR count). The van der Waals surface area contributed by atoms with E-state index >= 15 is 0 Å². The fourth-order valence-corrected chi connectivity index (χ4v) is 2.98. The summed E-state index contributed by atoms with van der Waals surface area (Å²) in [7, 11) is 4.81. The lowest BCUT2D eigenvalue weighted by atomic mass is 10.0. The van der Waals surface area contributed by atoms with Crippen molar-refractivity contribution in [3.8, 4) is 17.2 Å². The Kier molecular flexibility index (Phi) is 4.56. The molecule has 1 unspecified atom stereocenters. The van der Waals surface area contributed by atoms with Gasteiger partial charge in [0.05, 0.1) is 32.3 Å². The minimum absolute atomic E-state index is 0.318. The Labute approximate surface area is 121 Å². The maximum atomic E-state index is 6.54. The molecule has 0 aliphatic heterocycles. The Hall–Kier alpha value is -1.39. The summed E-state index contributed by atoms with van der Waals surface area (Å²) in [6.45, 7) is 0. The van der Waals surface area contributed by atoms with Gasteiger partial charge < -0.3 is 14.2 Å². The normalized spacial score (nSPS) is 12.0. The zero-order valence-electron chi connectivity index (χ0n) is 11.0. The smallest absolute Gasteiger partial charge is 0.131 e. The van der Waals surface area contributed by atoms with Gasteiger partial charge in [0.15, 0.2) is 0 Å². The van der Waals surface area contributed by atoms with Crippen molar-refractivity contribution in [2.24, 2.45) is 0 Å². The lowest BCUT2D eigenvalue weighted by Crippen LogP contribution is -2.01. The van der Waals surface area contributed by atoms with E-state index in [0.717, 1.165) is 11.1 Å². The minimum atomic E-state index is -0.318. The summed E-state index contributed by atoms with van der Waals surface area (Å²) in [6.07, 6.45) is 0. The van der Waals surface area contributed by atoms with E-state index in [-0.39, 0.29) is 5.38 Å². The molecule has 1 atom stereocenters. The summed E-state index contributed by atoms with van der Waals surface area (Å²) in [5, 5.41) is 3.69. The summed E-state index contributed by atoms with van der Waals surface area (Å²) >= 11 is 8.15. The van der Waals surface area contributed by atoms with E-state index in [1.165, 1.54) is 0 Å². The number of methoxy groups -OCH3 is 3. The molecule has 0 spiro atoms. The van der Waals surface area contributed by atoms with Crippen molar-refractivity contribution in [3.63, 3.8) is 0 Å².